The summed E-state index contributed by atoms with van der Waals surface area (Å²) < 4.78 is 0. The van der Waals surface area contributed by atoms with E-state index < -0.39 is 0 Å². The second-order valence-corrected chi connectivity index (χ2v) is 5.25. The molecule has 1 aliphatic heterocycles. The summed E-state index contributed by atoms with van der Waals surface area (Å²) in [6.07, 6.45) is 8.04. The normalized spacial score (nSPS) is 33.1. The summed E-state index contributed by atoms with van der Waals surface area (Å²) in [5.74, 6) is 0.861. The first-order chi connectivity index (χ1) is 6.17. The summed E-state index contributed by atoms with van der Waals surface area (Å²) in [4.78, 5) is 0. The van der Waals surface area contributed by atoms with Crippen molar-refractivity contribution in [3.63, 3.8) is 0 Å². The molecule has 0 bridgehead atoms. The fourth-order valence-electron chi connectivity index (χ4n) is 2.69. The van der Waals surface area contributed by atoms with Gasteiger partial charge in [-0.3, -0.25) is 0 Å². The summed E-state index contributed by atoms with van der Waals surface area (Å²) in [7, 11) is 0. The Balaban J connectivity index is 2.08. The van der Waals surface area contributed by atoms with E-state index in [1.165, 1.54) is 38.8 Å². The lowest BCUT2D eigenvalue weighted by molar-refractivity contribution is 0.383. The van der Waals surface area contributed by atoms with E-state index in [2.05, 4.69) is 25.2 Å². The predicted molar refractivity (Wildman–Crippen MR) is 56.7 cm³/mol. The van der Waals surface area contributed by atoms with Crippen LogP contribution >= 0.6 is 0 Å². The van der Waals surface area contributed by atoms with E-state index in [4.69, 9.17) is 0 Å². The van der Waals surface area contributed by atoms with Gasteiger partial charge in [-0.05, 0) is 43.6 Å². The van der Waals surface area contributed by atoms with Crippen LogP contribution in [0.2, 0.25) is 0 Å². The van der Waals surface area contributed by atoms with Crippen molar-refractivity contribution < 1.29 is 0 Å². The molecule has 1 N–H and O–H groups in total. The van der Waals surface area contributed by atoms with Crippen LogP contribution in [0, 0.1) is 11.3 Å². The van der Waals surface area contributed by atoms with Crippen LogP contribution in [0.1, 0.15) is 39.5 Å². The SMILES string of the molecule is CC1(C)C=C(C2CCNC2)CCC1. The Labute approximate surface area is 81.6 Å². The molecule has 0 amide bonds. The maximum atomic E-state index is 3.46. The zero-order chi connectivity index (χ0) is 9.31. The molecule has 1 saturated heterocycles. The Morgan fingerprint density at radius 2 is 2.31 bits per heavy atom. The molecule has 0 saturated carbocycles. The Morgan fingerprint density at radius 1 is 1.46 bits per heavy atom. The number of rotatable bonds is 1. The third kappa shape index (κ3) is 2.14. The van der Waals surface area contributed by atoms with Gasteiger partial charge in [-0.1, -0.05) is 25.5 Å². The summed E-state index contributed by atoms with van der Waals surface area (Å²) in [5, 5.41) is 3.46. The number of hydrogen-bond acceptors (Lipinski definition) is 1. The van der Waals surface area contributed by atoms with Crippen LogP contribution in [0.25, 0.3) is 0 Å². The third-order valence-electron chi connectivity index (χ3n) is 3.45. The van der Waals surface area contributed by atoms with E-state index >= 15 is 0 Å². The minimum absolute atomic E-state index is 0.468. The Hall–Kier alpha value is -0.300. The fourth-order valence-corrected chi connectivity index (χ4v) is 2.69. The topological polar surface area (TPSA) is 12.0 Å². The summed E-state index contributed by atoms with van der Waals surface area (Å²) in [5.41, 5.74) is 2.21. The molecule has 1 aliphatic carbocycles. The third-order valence-corrected chi connectivity index (χ3v) is 3.45. The Kier molecular flexibility index (Phi) is 2.46. The molecule has 0 aromatic rings. The monoisotopic (exact) mass is 179 g/mol. The van der Waals surface area contributed by atoms with Crippen molar-refractivity contribution in [2.75, 3.05) is 13.1 Å². The van der Waals surface area contributed by atoms with E-state index in [0.29, 0.717) is 5.41 Å². The van der Waals surface area contributed by atoms with Gasteiger partial charge in [0.05, 0.1) is 0 Å². The minimum atomic E-state index is 0.468. The van der Waals surface area contributed by atoms with Crippen molar-refractivity contribution in [1.82, 2.24) is 5.32 Å². The van der Waals surface area contributed by atoms with Crippen molar-refractivity contribution in [1.29, 1.82) is 0 Å². The lowest BCUT2D eigenvalue weighted by atomic mass is 9.76. The lowest BCUT2D eigenvalue weighted by Gasteiger charge is -2.29. The molecular weight excluding hydrogens is 158 g/mol. The van der Waals surface area contributed by atoms with Gasteiger partial charge in [0.25, 0.3) is 0 Å². The van der Waals surface area contributed by atoms with Crippen LogP contribution in [0.5, 0.6) is 0 Å². The molecule has 1 atom stereocenters. The van der Waals surface area contributed by atoms with Crippen LogP contribution in [0.15, 0.2) is 11.6 Å². The summed E-state index contributed by atoms with van der Waals surface area (Å²) >= 11 is 0. The van der Waals surface area contributed by atoms with Gasteiger partial charge in [0.1, 0.15) is 0 Å². The average molecular weight is 179 g/mol. The second-order valence-electron chi connectivity index (χ2n) is 5.25. The molecule has 0 aromatic heterocycles. The zero-order valence-electron chi connectivity index (χ0n) is 8.90. The van der Waals surface area contributed by atoms with Gasteiger partial charge < -0.3 is 5.32 Å². The van der Waals surface area contributed by atoms with Crippen molar-refractivity contribution in [2.45, 2.75) is 39.5 Å². The van der Waals surface area contributed by atoms with Gasteiger partial charge in [-0.25, -0.2) is 0 Å². The van der Waals surface area contributed by atoms with Gasteiger partial charge in [-0.2, -0.15) is 0 Å². The van der Waals surface area contributed by atoms with Gasteiger partial charge >= 0.3 is 0 Å². The van der Waals surface area contributed by atoms with E-state index in [0.717, 1.165) is 5.92 Å². The highest BCUT2D eigenvalue weighted by Crippen LogP contribution is 2.37. The van der Waals surface area contributed by atoms with Crippen LogP contribution in [-0.2, 0) is 0 Å². The first-order valence-corrected chi connectivity index (χ1v) is 5.60. The Bertz CT molecular complexity index is 209. The molecule has 1 heterocycles. The molecule has 0 radical (unpaired) electrons. The van der Waals surface area contributed by atoms with Gasteiger partial charge in [0, 0.05) is 6.54 Å². The summed E-state index contributed by atoms with van der Waals surface area (Å²) in [6.45, 7) is 7.19. The number of nitrogens with one attached hydrogen (secondary N) is 1. The predicted octanol–water partition coefficient (Wildman–Crippen LogP) is 2.73. The number of allylic oxidation sites excluding steroid dienone is 1. The van der Waals surface area contributed by atoms with Crippen molar-refractivity contribution >= 4 is 0 Å². The van der Waals surface area contributed by atoms with E-state index in [9.17, 15) is 0 Å². The average Bonchev–Trinajstić information content (AvgIpc) is 2.53. The van der Waals surface area contributed by atoms with Gasteiger partial charge in [0.2, 0.25) is 0 Å². The molecule has 2 aliphatic rings. The maximum Gasteiger partial charge on any atom is 0.00173 e. The molecule has 0 spiro atoms. The van der Waals surface area contributed by atoms with Crippen LogP contribution in [0.4, 0.5) is 0 Å². The van der Waals surface area contributed by atoms with Crippen LogP contribution < -0.4 is 5.32 Å². The smallest absolute Gasteiger partial charge is 0.00173 e. The van der Waals surface area contributed by atoms with Crippen molar-refractivity contribution in [3.8, 4) is 0 Å². The molecule has 1 unspecified atom stereocenters. The largest absolute Gasteiger partial charge is 0.316 e. The highest BCUT2D eigenvalue weighted by atomic mass is 14.9. The van der Waals surface area contributed by atoms with E-state index in [1.54, 1.807) is 5.57 Å². The Morgan fingerprint density at radius 3 is 2.92 bits per heavy atom. The van der Waals surface area contributed by atoms with Crippen LogP contribution in [0.3, 0.4) is 0 Å². The molecule has 2 rings (SSSR count). The molecule has 1 heteroatoms. The maximum absolute atomic E-state index is 3.46. The second kappa shape index (κ2) is 3.45. The van der Waals surface area contributed by atoms with Crippen molar-refractivity contribution in [2.24, 2.45) is 11.3 Å². The standard InChI is InChI=1S/C12H21N/c1-12(2)6-3-4-10(8-12)11-5-7-13-9-11/h8,11,13H,3-7,9H2,1-2H3. The van der Waals surface area contributed by atoms with E-state index in [1.807, 2.05) is 0 Å². The van der Waals surface area contributed by atoms with Crippen molar-refractivity contribution in [3.05, 3.63) is 11.6 Å². The molecule has 1 nitrogen and oxygen atoms in total. The molecule has 1 fully saturated rings. The number of hydrogen-bond donors (Lipinski definition) is 1. The minimum Gasteiger partial charge on any atom is -0.316 e. The highest BCUT2D eigenvalue weighted by Gasteiger charge is 2.26. The molecule has 74 valence electrons. The molecular formula is C12H21N. The quantitative estimate of drug-likeness (QED) is 0.610. The van der Waals surface area contributed by atoms with Crippen LogP contribution in [-0.4, -0.2) is 13.1 Å². The van der Waals surface area contributed by atoms with Gasteiger partial charge in [-0.15, -0.1) is 0 Å². The molecule has 13 heavy (non-hydrogen) atoms. The lowest BCUT2D eigenvalue weighted by Crippen LogP contribution is -2.18. The fraction of sp³-hybridized carbons (Fsp3) is 0.833. The highest BCUT2D eigenvalue weighted by molar-refractivity contribution is 5.16. The first kappa shape index (κ1) is 9.26. The van der Waals surface area contributed by atoms with Gasteiger partial charge in [0.15, 0.2) is 0 Å². The summed E-state index contributed by atoms with van der Waals surface area (Å²) in [6, 6.07) is 0. The zero-order valence-corrected chi connectivity index (χ0v) is 8.90. The molecule has 0 aromatic carbocycles. The first-order valence-electron chi connectivity index (χ1n) is 5.60. The van der Waals surface area contributed by atoms with E-state index in [-0.39, 0.29) is 0 Å².